The average molecular weight is 298 g/mol. The Labute approximate surface area is 129 Å². The van der Waals surface area contributed by atoms with E-state index in [0.29, 0.717) is 5.56 Å². The van der Waals surface area contributed by atoms with Gasteiger partial charge in [0.15, 0.2) is 0 Å². The van der Waals surface area contributed by atoms with E-state index in [1.54, 1.807) is 24.5 Å². The molecule has 0 aliphatic heterocycles. The number of nitrogens with zero attached hydrogens (tertiary/aromatic N) is 2. The second-order valence-corrected chi connectivity index (χ2v) is 5.06. The Balaban J connectivity index is 2.40. The number of pyridine rings is 1. The highest BCUT2D eigenvalue weighted by Crippen LogP contribution is 2.24. The van der Waals surface area contributed by atoms with Crippen molar-refractivity contribution in [2.75, 3.05) is 11.4 Å². The van der Waals surface area contributed by atoms with Crippen LogP contribution in [0.1, 0.15) is 27.9 Å². The van der Waals surface area contributed by atoms with Crippen molar-refractivity contribution in [1.82, 2.24) is 4.98 Å². The fraction of sp³-hybridized carbons (Fsp3) is 0.235. The fourth-order valence-electron chi connectivity index (χ4n) is 2.22. The molecule has 0 spiro atoms. The fourth-order valence-corrected chi connectivity index (χ4v) is 2.22. The van der Waals surface area contributed by atoms with Crippen molar-refractivity contribution in [3.05, 3.63) is 59.4 Å². The Morgan fingerprint density at radius 3 is 2.45 bits per heavy atom. The second-order valence-electron chi connectivity index (χ2n) is 5.06. The maximum Gasteiger partial charge on any atom is 0.305 e. The minimum atomic E-state index is -0.933. The van der Waals surface area contributed by atoms with Crippen LogP contribution < -0.4 is 4.90 Å². The molecule has 0 atom stereocenters. The number of aryl methyl sites for hydroxylation is 1. The molecule has 0 fully saturated rings. The lowest BCUT2D eigenvalue weighted by Crippen LogP contribution is -2.33. The van der Waals surface area contributed by atoms with E-state index in [4.69, 9.17) is 5.11 Å². The van der Waals surface area contributed by atoms with Gasteiger partial charge >= 0.3 is 5.97 Å². The molecule has 0 bridgehead atoms. The third kappa shape index (κ3) is 3.49. The quantitative estimate of drug-likeness (QED) is 0.921. The number of amides is 1. The van der Waals surface area contributed by atoms with E-state index in [-0.39, 0.29) is 18.9 Å². The summed E-state index contributed by atoms with van der Waals surface area (Å²) in [6.07, 6.45) is 2.99. The van der Waals surface area contributed by atoms with Crippen molar-refractivity contribution < 1.29 is 14.7 Å². The van der Waals surface area contributed by atoms with Gasteiger partial charge in [-0.05, 0) is 43.2 Å². The number of benzene rings is 1. The molecule has 114 valence electrons. The van der Waals surface area contributed by atoms with Crippen LogP contribution in [0.25, 0.3) is 0 Å². The highest BCUT2D eigenvalue weighted by atomic mass is 16.4. The van der Waals surface area contributed by atoms with E-state index in [1.807, 2.05) is 32.0 Å². The minimum absolute atomic E-state index is 0.107. The van der Waals surface area contributed by atoms with Crippen LogP contribution in [0.15, 0.2) is 42.7 Å². The predicted molar refractivity (Wildman–Crippen MR) is 84.1 cm³/mol. The number of anilines is 1. The van der Waals surface area contributed by atoms with Crippen LogP contribution in [0.4, 0.5) is 5.69 Å². The second kappa shape index (κ2) is 6.85. The Kier molecular flexibility index (Phi) is 4.88. The normalized spacial score (nSPS) is 10.3. The summed E-state index contributed by atoms with van der Waals surface area (Å²) in [6.45, 7) is 4.02. The maximum atomic E-state index is 12.7. The van der Waals surface area contributed by atoms with Crippen molar-refractivity contribution in [3.63, 3.8) is 0 Å². The van der Waals surface area contributed by atoms with Crippen molar-refractivity contribution >= 4 is 17.6 Å². The van der Waals surface area contributed by atoms with Crippen molar-refractivity contribution in [2.45, 2.75) is 20.3 Å². The Hall–Kier alpha value is -2.69. The monoisotopic (exact) mass is 298 g/mol. The molecule has 0 saturated heterocycles. The van der Waals surface area contributed by atoms with Crippen LogP contribution in [-0.4, -0.2) is 28.5 Å². The van der Waals surface area contributed by atoms with Crippen molar-refractivity contribution in [2.24, 2.45) is 0 Å². The lowest BCUT2D eigenvalue weighted by molar-refractivity contribution is -0.136. The molecular formula is C17H18N2O3. The summed E-state index contributed by atoms with van der Waals surface area (Å²) in [5.74, 6) is -1.16. The third-order valence-electron chi connectivity index (χ3n) is 3.59. The number of hydrogen-bond acceptors (Lipinski definition) is 3. The molecule has 22 heavy (non-hydrogen) atoms. The first-order chi connectivity index (χ1) is 10.5. The first-order valence-corrected chi connectivity index (χ1v) is 7.00. The van der Waals surface area contributed by atoms with Gasteiger partial charge in [0.25, 0.3) is 5.91 Å². The van der Waals surface area contributed by atoms with Crippen LogP contribution in [-0.2, 0) is 4.79 Å². The summed E-state index contributed by atoms with van der Waals surface area (Å²) in [5, 5.41) is 8.94. The van der Waals surface area contributed by atoms with Crippen molar-refractivity contribution in [1.29, 1.82) is 0 Å². The van der Waals surface area contributed by atoms with Gasteiger partial charge in [-0.25, -0.2) is 0 Å². The van der Waals surface area contributed by atoms with Gasteiger partial charge in [-0.2, -0.15) is 0 Å². The molecule has 2 rings (SSSR count). The summed E-state index contributed by atoms with van der Waals surface area (Å²) in [5.41, 5.74) is 3.25. The number of aliphatic carboxylic acids is 1. The van der Waals surface area contributed by atoms with Crippen LogP contribution in [0.2, 0.25) is 0 Å². The van der Waals surface area contributed by atoms with Gasteiger partial charge in [-0.1, -0.05) is 12.1 Å². The SMILES string of the molecule is Cc1cccc(N(CCC(=O)O)C(=O)c2ccncc2)c1C. The Morgan fingerprint density at radius 2 is 1.82 bits per heavy atom. The molecule has 0 radical (unpaired) electrons. The lowest BCUT2D eigenvalue weighted by Gasteiger charge is -2.25. The van der Waals surface area contributed by atoms with E-state index in [1.165, 1.54) is 4.90 Å². The van der Waals surface area contributed by atoms with Gasteiger partial charge in [0, 0.05) is 30.2 Å². The molecule has 1 aromatic heterocycles. The zero-order valence-corrected chi connectivity index (χ0v) is 12.6. The molecule has 1 heterocycles. The van der Waals surface area contributed by atoms with Gasteiger partial charge in [0.2, 0.25) is 0 Å². The molecular weight excluding hydrogens is 280 g/mol. The molecule has 0 aliphatic rings. The van der Waals surface area contributed by atoms with E-state index >= 15 is 0 Å². The van der Waals surface area contributed by atoms with Crippen LogP contribution in [0.5, 0.6) is 0 Å². The van der Waals surface area contributed by atoms with E-state index in [9.17, 15) is 9.59 Å². The molecule has 0 saturated carbocycles. The molecule has 1 aromatic carbocycles. The molecule has 0 aliphatic carbocycles. The van der Waals surface area contributed by atoms with Gasteiger partial charge < -0.3 is 10.0 Å². The van der Waals surface area contributed by atoms with Gasteiger partial charge in [0.05, 0.1) is 6.42 Å². The summed E-state index contributed by atoms with van der Waals surface area (Å²) in [4.78, 5) is 29.0. The number of carbonyl (C=O) groups is 2. The summed E-state index contributed by atoms with van der Waals surface area (Å²) < 4.78 is 0. The lowest BCUT2D eigenvalue weighted by atomic mass is 10.1. The van der Waals surface area contributed by atoms with Gasteiger partial charge in [-0.15, -0.1) is 0 Å². The van der Waals surface area contributed by atoms with Crippen LogP contribution >= 0.6 is 0 Å². The smallest absolute Gasteiger partial charge is 0.305 e. The number of carboxylic acids is 1. The molecule has 1 N–H and O–H groups in total. The summed E-state index contributed by atoms with van der Waals surface area (Å²) in [6, 6.07) is 8.92. The number of carbonyl (C=O) groups excluding carboxylic acids is 1. The third-order valence-corrected chi connectivity index (χ3v) is 3.59. The van der Waals surface area contributed by atoms with Gasteiger partial charge in [0.1, 0.15) is 0 Å². The van der Waals surface area contributed by atoms with Crippen molar-refractivity contribution in [3.8, 4) is 0 Å². The minimum Gasteiger partial charge on any atom is -0.481 e. The highest BCUT2D eigenvalue weighted by molar-refractivity contribution is 6.06. The Morgan fingerprint density at radius 1 is 1.14 bits per heavy atom. The predicted octanol–water partition coefficient (Wildman–Crippen LogP) is 2.82. The largest absolute Gasteiger partial charge is 0.481 e. The molecule has 0 unspecified atom stereocenters. The van der Waals surface area contributed by atoms with Gasteiger partial charge in [-0.3, -0.25) is 14.6 Å². The zero-order chi connectivity index (χ0) is 16.1. The molecule has 1 amide bonds. The topological polar surface area (TPSA) is 70.5 Å². The first kappa shape index (κ1) is 15.7. The summed E-state index contributed by atoms with van der Waals surface area (Å²) in [7, 11) is 0. The molecule has 2 aromatic rings. The summed E-state index contributed by atoms with van der Waals surface area (Å²) >= 11 is 0. The Bertz CT molecular complexity index is 684. The molecule has 5 heteroatoms. The van der Waals surface area contributed by atoms with Crippen LogP contribution in [0, 0.1) is 13.8 Å². The van der Waals surface area contributed by atoms with E-state index < -0.39 is 5.97 Å². The molecule has 5 nitrogen and oxygen atoms in total. The van der Waals surface area contributed by atoms with Crippen LogP contribution in [0.3, 0.4) is 0 Å². The standard InChI is InChI=1S/C17H18N2O3/c1-12-4-3-5-15(13(12)2)19(11-8-16(20)21)17(22)14-6-9-18-10-7-14/h3-7,9-10H,8,11H2,1-2H3,(H,20,21). The first-order valence-electron chi connectivity index (χ1n) is 7.00. The number of hydrogen-bond donors (Lipinski definition) is 1. The number of carboxylic acid groups (broad SMARTS) is 1. The van der Waals surface area contributed by atoms with E-state index in [0.717, 1.165) is 16.8 Å². The van der Waals surface area contributed by atoms with E-state index in [2.05, 4.69) is 4.98 Å². The highest BCUT2D eigenvalue weighted by Gasteiger charge is 2.20. The zero-order valence-electron chi connectivity index (χ0n) is 12.6. The number of rotatable bonds is 5. The number of aromatic nitrogens is 1. The maximum absolute atomic E-state index is 12.7. The average Bonchev–Trinajstić information content (AvgIpc) is 2.51.